The molecule has 0 saturated heterocycles. The molecule has 5 aromatic rings. The lowest BCUT2D eigenvalue weighted by Crippen LogP contribution is -2.27. The Labute approximate surface area is 200 Å². The van der Waals surface area contributed by atoms with E-state index in [1.807, 2.05) is 47.2 Å². The molecule has 12 heteroatoms. The second-order valence-electron chi connectivity index (χ2n) is 7.03. The molecule has 0 bridgehead atoms. The Morgan fingerprint density at radius 1 is 1.12 bits per heavy atom. The number of rotatable bonds is 9. The molecule has 0 radical (unpaired) electrons. The third-order valence-corrected chi connectivity index (χ3v) is 6.55. The lowest BCUT2D eigenvalue weighted by Gasteiger charge is -2.09. The highest BCUT2D eigenvalue weighted by atomic mass is 32.1. The molecule has 172 valence electrons. The van der Waals surface area contributed by atoms with Crippen molar-refractivity contribution in [2.75, 3.05) is 13.2 Å². The van der Waals surface area contributed by atoms with Gasteiger partial charge in [-0.25, -0.2) is 4.98 Å². The van der Waals surface area contributed by atoms with E-state index in [9.17, 15) is 9.59 Å². The second-order valence-corrected chi connectivity index (χ2v) is 8.84. The van der Waals surface area contributed by atoms with Crippen LogP contribution in [0.2, 0.25) is 0 Å². The average Bonchev–Trinajstić information content (AvgIpc) is 3.62. The fourth-order valence-corrected chi connectivity index (χ4v) is 5.00. The van der Waals surface area contributed by atoms with Gasteiger partial charge in [0.05, 0.1) is 5.39 Å². The molecule has 0 saturated carbocycles. The third kappa shape index (κ3) is 4.82. The molecule has 10 nitrogen and oxygen atoms in total. The minimum Gasteiger partial charge on any atom is -0.490 e. The Kier molecular flexibility index (Phi) is 6.31. The summed E-state index contributed by atoms with van der Waals surface area (Å²) in [6, 6.07) is 11.5. The number of thiophene rings is 2. The van der Waals surface area contributed by atoms with Crippen LogP contribution in [-0.4, -0.2) is 44.3 Å². The maximum absolute atomic E-state index is 12.7. The molecular formula is C22H18N6O4S2. The van der Waals surface area contributed by atoms with Crippen molar-refractivity contribution in [1.82, 2.24) is 30.5 Å². The molecule has 0 atom stereocenters. The molecule has 0 aliphatic heterocycles. The van der Waals surface area contributed by atoms with Crippen LogP contribution in [0.25, 0.3) is 20.7 Å². The minimum atomic E-state index is -0.462. The van der Waals surface area contributed by atoms with Crippen molar-refractivity contribution in [1.29, 1.82) is 0 Å². The van der Waals surface area contributed by atoms with Crippen molar-refractivity contribution in [2.45, 2.75) is 6.54 Å². The summed E-state index contributed by atoms with van der Waals surface area (Å²) < 4.78 is 11.0. The number of aromatic amines is 2. The van der Waals surface area contributed by atoms with Gasteiger partial charge in [-0.1, -0.05) is 18.2 Å². The van der Waals surface area contributed by atoms with Crippen LogP contribution < -0.4 is 20.3 Å². The first-order valence-electron chi connectivity index (χ1n) is 10.2. The van der Waals surface area contributed by atoms with Crippen LogP contribution in [-0.2, 0) is 6.54 Å². The highest BCUT2D eigenvalue weighted by molar-refractivity contribution is 7.18. The fraction of sp³-hybridized carbons (Fsp3) is 0.136. The van der Waals surface area contributed by atoms with Crippen molar-refractivity contribution in [3.63, 3.8) is 0 Å². The van der Waals surface area contributed by atoms with Gasteiger partial charge in [-0.3, -0.25) is 14.7 Å². The Morgan fingerprint density at radius 3 is 2.85 bits per heavy atom. The number of benzene rings is 1. The zero-order valence-corrected chi connectivity index (χ0v) is 19.2. The van der Waals surface area contributed by atoms with Gasteiger partial charge in [-0.2, -0.15) is 4.98 Å². The van der Waals surface area contributed by atoms with Gasteiger partial charge in [-0.15, -0.1) is 27.8 Å². The number of H-pyrrole nitrogens is 2. The molecule has 1 amide bonds. The summed E-state index contributed by atoms with van der Waals surface area (Å²) in [4.78, 5) is 37.7. The molecule has 0 aliphatic rings. The number of hydrogen-bond donors (Lipinski definition) is 3. The van der Waals surface area contributed by atoms with Gasteiger partial charge in [0.25, 0.3) is 11.5 Å². The number of aromatic nitrogens is 5. The molecule has 4 heterocycles. The molecule has 0 spiro atoms. The molecule has 34 heavy (non-hydrogen) atoms. The lowest BCUT2D eigenvalue weighted by molar-refractivity contribution is 0.0940. The van der Waals surface area contributed by atoms with Crippen LogP contribution in [0.3, 0.4) is 0 Å². The van der Waals surface area contributed by atoms with Crippen LogP contribution >= 0.6 is 22.7 Å². The normalized spacial score (nSPS) is 10.9. The number of carbonyl (C=O) groups is 1. The number of nitrogens with one attached hydrogen (secondary N) is 3. The van der Waals surface area contributed by atoms with E-state index >= 15 is 0 Å². The first-order valence-corrected chi connectivity index (χ1v) is 12.0. The summed E-state index contributed by atoms with van der Waals surface area (Å²) in [7, 11) is 0. The number of hydrogen-bond acceptors (Lipinski definition) is 9. The minimum absolute atomic E-state index is 0.0198. The first-order chi connectivity index (χ1) is 16.7. The summed E-state index contributed by atoms with van der Waals surface area (Å²) in [5.41, 5.74) is 1.33. The first kappa shape index (κ1) is 21.8. The predicted octanol–water partition coefficient (Wildman–Crippen LogP) is 3.22. The van der Waals surface area contributed by atoms with Gasteiger partial charge >= 0.3 is 6.01 Å². The molecular weight excluding hydrogens is 476 g/mol. The summed E-state index contributed by atoms with van der Waals surface area (Å²) in [5, 5.41) is 13.5. The molecule has 0 aliphatic carbocycles. The van der Waals surface area contributed by atoms with Crippen molar-refractivity contribution < 1.29 is 14.3 Å². The van der Waals surface area contributed by atoms with E-state index in [0.29, 0.717) is 22.6 Å². The summed E-state index contributed by atoms with van der Waals surface area (Å²) >= 11 is 2.89. The second kappa shape index (κ2) is 9.85. The monoisotopic (exact) mass is 494 g/mol. The van der Waals surface area contributed by atoms with Crippen molar-refractivity contribution in [3.05, 3.63) is 75.2 Å². The topological polar surface area (TPSA) is 135 Å². The van der Waals surface area contributed by atoms with Crippen molar-refractivity contribution >= 4 is 38.8 Å². The number of nitrogens with zero attached hydrogens (tertiary/aromatic N) is 3. The van der Waals surface area contributed by atoms with E-state index in [0.717, 1.165) is 16.0 Å². The Balaban J connectivity index is 1.20. The SMILES string of the molecule is O=C(NCc1cccc(OCCOc2nc[nH]n2)c1)c1nc2scc(-c3cccs3)c2c(=O)[nH]1. The standard InChI is InChI=1S/C22H18N6O4S2/c29-19-17-15(16-5-2-8-33-16)11-34-21(17)27-18(26-19)20(30)23-10-13-3-1-4-14(9-13)31-6-7-32-22-24-12-25-28-22/h1-5,8-9,11-12H,6-7,10H2,(H,23,30)(H,24,25,28)(H,26,27,29). The van der Waals surface area contributed by atoms with E-state index in [2.05, 4.69) is 30.5 Å². The Morgan fingerprint density at radius 2 is 2.03 bits per heavy atom. The molecule has 1 aromatic carbocycles. The molecule has 4 aromatic heterocycles. The molecule has 5 rings (SSSR count). The van der Waals surface area contributed by atoms with E-state index in [1.165, 1.54) is 17.7 Å². The van der Waals surface area contributed by atoms with Gasteiger partial charge in [0.1, 0.15) is 30.1 Å². The number of amides is 1. The molecule has 0 unspecified atom stereocenters. The Hall–Kier alpha value is -4.03. The van der Waals surface area contributed by atoms with Gasteiger partial charge in [-0.05, 0) is 29.1 Å². The van der Waals surface area contributed by atoms with Gasteiger partial charge in [0.15, 0.2) is 0 Å². The smallest absolute Gasteiger partial charge is 0.335 e. The largest absolute Gasteiger partial charge is 0.490 e. The highest BCUT2D eigenvalue weighted by Gasteiger charge is 2.16. The van der Waals surface area contributed by atoms with Gasteiger partial charge in [0, 0.05) is 22.4 Å². The zero-order valence-electron chi connectivity index (χ0n) is 17.6. The summed E-state index contributed by atoms with van der Waals surface area (Å²) in [6.07, 6.45) is 1.43. The van der Waals surface area contributed by atoms with E-state index < -0.39 is 5.91 Å². The van der Waals surface area contributed by atoms with Crippen LogP contribution in [0.4, 0.5) is 0 Å². The highest BCUT2D eigenvalue weighted by Crippen LogP contribution is 2.33. The van der Waals surface area contributed by atoms with Crippen LogP contribution in [0.1, 0.15) is 16.2 Å². The maximum Gasteiger partial charge on any atom is 0.335 e. The van der Waals surface area contributed by atoms with E-state index in [-0.39, 0.29) is 30.5 Å². The fourth-order valence-electron chi connectivity index (χ4n) is 3.24. The third-order valence-electron chi connectivity index (χ3n) is 4.77. The maximum atomic E-state index is 12.7. The Bertz CT molecular complexity index is 1460. The van der Waals surface area contributed by atoms with Gasteiger partial charge < -0.3 is 19.8 Å². The van der Waals surface area contributed by atoms with Crippen LogP contribution in [0.5, 0.6) is 11.8 Å². The van der Waals surface area contributed by atoms with E-state index in [1.54, 1.807) is 11.3 Å². The predicted molar refractivity (Wildman–Crippen MR) is 129 cm³/mol. The number of fused-ring (bicyclic) bond motifs is 1. The zero-order chi connectivity index (χ0) is 23.3. The number of ether oxygens (including phenoxy) is 2. The lowest BCUT2D eigenvalue weighted by atomic mass is 10.2. The van der Waals surface area contributed by atoms with Crippen molar-refractivity contribution in [3.8, 4) is 22.2 Å². The molecule has 0 fully saturated rings. The van der Waals surface area contributed by atoms with Crippen LogP contribution in [0.15, 0.2) is 58.3 Å². The average molecular weight is 495 g/mol. The van der Waals surface area contributed by atoms with Crippen LogP contribution in [0, 0.1) is 0 Å². The van der Waals surface area contributed by atoms with Gasteiger partial charge in [0.2, 0.25) is 5.82 Å². The van der Waals surface area contributed by atoms with E-state index in [4.69, 9.17) is 9.47 Å². The number of carbonyl (C=O) groups excluding carboxylic acids is 1. The summed E-state index contributed by atoms with van der Waals surface area (Å²) in [6.45, 7) is 0.845. The quantitative estimate of drug-likeness (QED) is 0.268. The summed E-state index contributed by atoms with van der Waals surface area (Å²) in [5.74, 6) is 0.155. The molecule has 3 N–H and O–H groups in total. The van der Waals surface area contributed by atoms with Crippen molar-refractivity contribution in [2.24, 2.45) is 0 Å².